The first-order valence-electron chi connectivity index (χ1n) is 4.68. The highest BCUT2D eigenvalue weighted by Gasteiger charge is 2.12. The lowest BCUT2D eigenvalue weighted by atomic mass is 10.1. The Hall–Kier alpha value is -1.07. The molecule has 1 heterocycles. The zero-order chi connectivity index (χ0) is 11.7. The molecule has 0 aliphatic heterocycles. The minimum atomic E-state index is 0.517. The number of nitrogens with zero attached hydrogens (tertiary/aromatic N) is 1. The van der Waals surface area contributed by atoms with Crippen LogP contribution in [0.1, 0.15) is 5.56 Å². The third-order valence-corrected chi connectivity index (χ3v) is 3.98. The van der Waals surface area contributed by atoms with Gasteiger partial charge in [0.1, 0.15) is 20.4 Å². The smallest absolute Gasteiger partial charge is 0.149 e. The van der Waals surface area contributed by atoms with Gasteiger partial charge in [-0.25, -0.2) is 4.98 Å². The fourth-order valence-electron chi connectivity index (χ4n) is 1.42. The highest BCUT2D eigenvalue weighted by molar-refractivity contribution is 9.11. The van der Waals surface area contributed by atoms with Crippen LogP contribution in [0, 0.1) is 6.92 Å². The van der Waals surface area contributed by atoms with Gasteiger partial charge in [0.2, 0.25) is 0 Å². The Morgan fingerprint density at radius 3 is 2.75 bits per heavy atom. The summed E-state index contributed by atoms with van der Waals surface area (Å²) in [5.74, 6) is 1.33. The van der Waals surface area contributed by atoms with E-state index < -0.39 is 0 Å². The molecule has 2 N–H and O–H groups in total. The van der Waals surface area contributed by atoms with E-state index in [0.29, 0.717) is 5.82 Å². The van der Waals surface area contributed by atoms with Crippen LogP contribution in [0.25, 0.3) is 10.6 Å². The van der Waals surface area contributed by atoms with E-state index in [1.165, 1.54) is 16.9 Å². The molecule has 3 nitrogen and oxygen atoms in total. The summed E-state index contributed by atoms with van der Waals surface area (Å²) in [5, 5.41) is 0.866. The van der Waals surface area contributed by atoms with Gasteiger partial charge in [0.05, 0.1) is 12.7 Å². The first kappa shape index (κ1) is 11.4. The van der Waals surface area contributed by atoms with Gasteiger partial charge >= 0.3 is 0 Å². The maximum Gasteiger partial charge on any atom is 0.149 e. The largest absolute Gasteiger partial charge is 0.496 e. The van der Waals surface area contributed by atoms with Crippen molar-refractivity contribution in [2.24, 2.45) is 0 Å². The molecule has 0 bridgehead atoms. The van der Waals surface area contributed by atoms with Gasteiger partial charge in [0.15, 0.2) is 0 Å². The number of anilines is 1. The summed E-state index contributed by atoms with van der Waals surface area (Å²) in [6, 6.07) is 5.99. The van der Waals surface area contributed by atoms with E-state index in [1.807, 2.05) is 25.1 Å². The number of rotatable bonds is 2. The molecule has 0 radical (unpaired) electrons. The number of hydrogen-bond acceptors (Lipinski definition) is 4. The average molecular weight is 299 g/mol. The number of hydrogen-bond donors (Lipinski definition) is 1. The second kappa shape index (κ2) is 4.43. The molecule has 0 atom stereocenters. The second-order valence-corrected chi connectivity index (χ2v) is 5.70. The molecular weight excluding hydrogens is 288 g/mol. The Bertz CT molecular complexity index is 505. The lowest BCUT2D eigenvalue weighted by Crippen LogP contribution is -1.89. The Kier molecular flexibility index (Phi) is 3.16. The maximum absolute atomic E-state index is 5.72. The van der Waals surface area contributed by atoms with Crippen molar-refractivity contribution >= 4 is 33.1 Å². The summed E-state index contributed by atoms with van der Waals surface area (Å²) in [4.78, 5) is 4.30. The fourth-order valence-corrected chi connectivity index (χ4v) is 2.70. The third kappa shape index (κ3) is 2.05. The number of nitrogens with two attached hydrogens (primary N) is 1. The topological polar surface area (TPSA) is 48.1 Å². The van der Waals surface area contributed by atoms with Crippen molar-refractivity contribution < 1.29 is 4.74 Å². The molecule has 0 aliphatic rings. The van der Waals surface area contributed by atoms with Crippen molar-refractivity contribution in [1.82, 2.24) is 4.98 Å². The van der Waals surface area contributed by atoms with Crippen molar-refractivity contribution in [2.45, 2.75) is 6.92 Å². The van der Waals surface area contributed by atoms with Gasteiger partial charge in [-0.15, -0.1) is 11.3 Å². The van der Waals surface area contributed by atoms with Crippen LogP contribution in [-0.2, 0) is 0 Å². The van der Waals surface area contributed by atoms with Crippen LogP contribution in [-0.4, -0.2) is 12.1 Å². The van der Waals surface area contributed by atoms with E-state index in [-0.39, 0.29) is 0 Å². The van der Waals surface area contributed by atoms with Gasteiger partial charge in [0.25, 0.3) is 0 Å². The minimum Gasteiger partial charge on any atom is -0.496 e. The second-order valence-electron chi connectivity index (χ2n) is 3.38. The van der Waals surface area contributed by atoms with Crippen molar-refractivity contribution in [3.05, 3.63) is 27.5 Å². The molecule has 2 aromatic rings. The first-order chi connectivity index (χ1) is 7.61. The molecule has 1 aromatic carbocycles. The molecule has 84 valence electrons. The standard InChI is InChI=1S/C11H11BrN2OS/c1-6-3-4-8(15-2)7(5-6)11-14-10(13)9(12)16-11/h3-5H,13H2,1-2H3. The number of aryl methyl sites for hydroxylation is 1. The predicted octanol–water partition coefficient (Wildman–Crippen LogP) is 3.47. The van der Waals surface area contributed by atoms with E-state index in [4.69, 9.17) is 10.5 Å². The first-order valence-corrected chi connectivity index (χ1v) is 6.29. The number of methoxy groups -OCH3 is 1. The Morgan fingerprint density at radius 2 is 2.19 bits per heavy atom. The summed E-state index contributed by atoms with van der Waals surface area (Å²) in [7, 11) is 1.65. The van der Waals surface area contributed by atoms with E-state index >= 15 is 0 Å². The van der Waals surface area contributed by atoms with E-state index in [2.05, 4.69) is 20.9 Å². The zero-order valence-corrected chi connectivity index (χ0v) is 11.4. The molecule has 0 amide bonds. The monoisotopic (exact) mass is 298 g/mol. The number of halogens is 1. The summed E-state index contributed by atoms with van der Waals surface area (Å²) < 4.78 is 6.17. The molecule has 0 saturated carbocycles. The van der Waals surface area contributed by atoms with E-state index in [0.717, 1.165) is 20.1 Å². The molecule has 1 aromatic heterocycles. The zero-order valence-electron chi connectivity index (χ0n) is 8.95. The molecule has 5 heteroatoms. The van der Waals surface area contributed by atoms with Gasteiger partial charge in [-0.1, -0.05) is 11.6 Å². The molecule has 0 aliphatic carbocycles. The van der Waals surface area contributed by atoms with Crippen LogP contribution in [0.3, 0.4) is 0 Å². The number of aromatic nitrogens is 1. The molecule has 2 rings (SSSR count). The Balaban J connectivity index is 2.57. The van der Waals surface area contributed by atoms with Crippen LogP contribution >= 0.6 is 27.3 Å². The van der Waals surface area contributed by atoms with Crippen molar-refractivity contribution in [2.75, 3.05) is 12.8 Å². The van der Waals surface area contributed by atoms with Crippen LogP contribution in [0.5, 0.6) is 5.75 Å². The average Bonchev–Trinajstić information content (AvgIpc) is 2.59. The summed E-state index contributed by atoms with van der Waals surface area (Å²) in [6.45, 7) is 2.04. The summed E-state index contributed by atoms with van der Waals surface area (Å²) in [5.41, 5.74) is 7.86. The lowest BCUT2D eigenvalue weighted by molar-refractivity contribution is 0.416. The Morgan fingerprint density at radius 1 is 1.44 bits per heavy atom. The number of ether oxygens (including phenoxy) is 1. The highest BCUT2D eigenvalue weighted by Crippen LogP contribution is 2.38. The quantitative estimate of drug-likeness (QED) is 0.923. The van der Waals surface area contributed by atoms with Crippen molar-refractivity contribution in [3.63, 3.8) is 0 Å². The number of benzene rings is 1. The van der Waals surface area contributed by atoms with Crippen molar-refractivity contribution in [3.8, 4) is 16.3 Å². The fraction of sp³-hybridized carbons (Fsp3) is 0.182. The highest BCUT2D eigenvalue weighted by atomic mass is 79.9. The maximum atomic E-state index is 5.72. The van der Waals surface area contributed by atoms with Gasteiger partial charge in [-0.05, 0) is 35.0 Å². The summed E-state index contributed by atoms with van der Waals surface area (Å²) >= 11 is 4.87. The molecule has 0 fully saturated rings. The minimum absolute atomic E-state index is 0.517. The predicted molar refractivity (Wildman–Crippen MR) is 71.0 cm³/mol. The molecule has 16 heavy (non-hydrogen) atoms. The SMILES string of the molecule is COc1ccc(C)cc1-c1nc(N)c(Br)s1. The number of nitrogen functional groups attached to an aromatic ring is 1. The Labute approximate surface area is 106 Å². The normalized spacial score (nSPS) is 10.4. The summed E-state index contributed by atoms with van der Waals surface area (Å²) in [6.07, 6.45) is 0. The van der Waals surface area contributed by atoms with Crippen LogP contribution in [0.15, 0.2) is 22.0 Å². The third-order valence-electron chi connectivity index (χ3n) is 2.20. The molecule has 0 unspecified atom stereocenters. The van der Waals surface area contributed by atoms with Crippen molar-refractivity contribution in [1.29, 1.82) is 0 Å². The number of thiazole rings is 1. The molecule has 0 saturated heterocycles. The van der Waals surface area contributed by atoms with E-state index in [1.54, 1.807) is 7.11 Å². The van der Waals surface area contributed by atoms with Crippen LogP contribution in [0.4, 0.5) is 5.82 Å². The van der Waals surface area contributed by atoms with Gasteiger partial charge in [0, 0.05) is 0 Å². The van der Waals surface area contributed by atoms with Gasteiger partial charge < -0.3 is 10.5 Å². The van der Waals surface area contributed by atoms with Crippen LogP contribution in [0.2, 0.25) is 0 Å². The lowest BCUT2D eigenvalue weighted by Gasteiger charge is -2.06. The van der Waals surface area contributed by atoms with Gasteiger partial charge in [-0.2, -0.15) is 0 Å². The molecular formula is C11H11BrN2OS. The molecule has 0 spiro atoms. The van der Waals surface area contributed by atoms with Gasteiger partial charge in [-0.3, -0.25) is 0 Å². The van der Waals surface area contributed by atoms with Crippen LogP contribution < -0.4 is 10.5 Å². The van der Waals surface area contributed by atoms with E-state index in [9.17, 15) is 0 Å².